The Morgan fingerprint density at radius 3 is 2.94 bits per heavy atom. The van der Waals surface area contributed by atoms with Gasteiger partial charge in [-0.1, -0.05) is 6.92 Å². The van der Waals surface area contributed by atoms with Crippen molar-refractivity contribution in [1.29, 1.82) is 0 Å². The molecular weight excluding hydrogens is 236 g/mol. The minimum atomic E-state index is 0.576. The van der Waals surface area contributed by atoms with E-state index in [1.54, 1.807) is 22.7 Å². The van der Waals surface area contributed by atoms with Crippen LogP contribution in [0.25, 0.3) is 0 Å². The lowest BCUT2D eigenvalue weighted by molar-refractivity contribution is 0.614. The molecule has 0 fully saturated rings. The number of thiophene rings is 1. The molecule has 1 N–H and O–H groups in total. The summed E-state index contributed by atoms with van der Waals surface area (Å²) in [5.41, 5.74) is 2.54. The molecule has 0 aromatic carbocycles. The quantitative estimate of drug-likeness (QED) is 0.882. The maximum Gasteiger partial charge on any atom is 0.107 e. The van der Waals surface area contributed by atoms with Crippen LogP contribution in [0.5, 0.6) is 0 Å². The maximum absolute atomic E-state index is 4.43. The van der Waals surface area contributed by atoms with E-state index in [1.807, 2.05) is 6.92 Å². The molecule has 0 spiro atoms. The highest BCUT2D eigenvalue weighted by atomic mass is 32.1. The normalized spacial score (nSPS) is 12.9. The third-order valence-corrected chi connectivity index (χ3v) is 4.17. The Morgan fingerprint density at radius 2 is 2.31 bits per heavy atom. The lowest BCUT2D eigenvalue weighted by Gasteiger charge is -2.09. The minimum absolute atomic E-state index is 0.576. The highest BCUT2D eigenvalue weighted by Gasteiger charge is 2.05. The van der Waals surface area contributed by atoms with Crippen LogP contribution in [-0.2, 0) is 6.54 Å². The highest BCUT2D eigenvalue weighted by molar-refractivity contribution is 7.09. The van der Waals surface area contributed by atoms with Crippen LogP contribution in [0.2, 0.25) is 0 Å². The molecule has 1 unspecified atom stereocenters. The van der Waals surface area contributed by atoms with E-state index < -0.39 is 0 Å². The average molecular weight is 252 g/mol. The topological polar surface area (TPSA) is 24.9 Å². The summed E-state index contributed by atoms with van der Waals surface area (Å²) >= 11 is 3.49. The van der Waals surface area contributed by atoms with Crippen molar-refractivity contribution in [3.63, 3.8) is 0 Å². The van der Waals surface area contributed by atoms with Gasteiger partial charge in [-0.2, -0.15) is 11.3 Å². The summed E-state index contributed by atoms with van der Waals surface area (Å²) in [6.45, 7) is 6.18. The Morgan fingerprint density at radius 1 is 1.44 bits per heavy atom. The molecule has 0 aliphatic heterocycles. The van der Waals surface area contributed by atoms with Gasteiger partial charge in [0.2, 0.25) is 0 Å². The molecule has 0 amide bonds. The molecule has 0 bridgehead atoms. The van der Waals surface area contributed by atoms with Crippen LogP contribution in [0, 0.1) is 6.92 Å². The largest absolute Gasteiger partial charge is 0.310 e. The Labute approximate surface area is 104 Å². The Hall–Kier alpha value is -0.710. The van der Waals surface area contributed by atoms with Gasteiger partial charge in [-0.15, -0.1) is 11.3 Å². The molecule has 0 saturated heterocycles. The van der Waals surface area contributed by atoms with Gasteiger partial charge in [0.05, 0.1) is 0 Å². The van der Waals surface area contributed by atoms with Crippen LogP contribution in [0.3, 0.4) is 0 Å². The van der Waals surface area contributed by atoms with Crippen molar-refractivity contribution in [2.24, 2.45) is 0 Å². The standard InChI is InChI=1S/C12H16N2S2/c1-9(11-3-4-15-8-11)5-13-6-12-14-10(2)7-16-12/h3-4,7-9,13H,5-6H2,1-2H3. The molecule has 2 nitrogen and oxygen atoms in total. The number of thiazole rings is 1. The second-order valence-electron chi connectivity index (χ2n) is 3.97. The summed E-state index contributed by atoms with van der Waals surface area (Å²) in [6, 6.07) is 2.20. The molecule has 16 heavy (non-hydrogen) atoms. The van der Waals surface area contributed by atoms with Crippen molar-refractivity contribution in [3.8, 4) is 0 Å². The fourth-order valence-electron chi connectivity index (χ4n) is 1.55. The molecule has 2 heterocycles. The minimum Gasteiger partial charge on any atom is -0.310 e. The molecule has 0 saturated carbocycles. The van der Waals surface area contributed by atoms with Crippen LogP contribution >= 0.6 is 22.7 Å². The van der Waals surface area contributed by atoms with Crippen LogP contribution in [0.1, 0.15) is 29.1 Å². The van der Waals surface area contributed by atoms with Crippen LogP contribution in [0.15, 0.2) is 22.2 Å². The van der Waals surface area contributed by atoms with E-state index in [-0.39, 0.29) is 0 Å². The summed E-state index contributed by atoms with van der Waals surface area (Å²) in [6.07, 6.45) is 0. The van der Waals surface area contributed by atoms with Gasteiger partial charge in [-0.05, 0) is 35.2 Å². The smallest absolute Gasteiger partial charge is 0.107 e. The number of aromatic nitrogens is 1. The zero-order valence-corrected chi connectivity index (χ0v) is 11.2. The van der Waals surface area contributed by atoms with E-state index >= 15 is 0 Å². The highest BCUT2D eigenvalue weighted by Crippen LogP contribution is 2.17. The molecule has 4 heteroatoms. The number of aryl methyl sites for hydroxylation is 1. The molecule has 0 aliphatic carbocycles. The Bertz CT molecular complexity index is 420. The van der Waals surface area contributed by atoms with E-state index in [0.717, 1.165) is 18.8 Å². The number of nitrogens with zero attached hydrogens (tertiary/aromatic N) is 1. The average Bonchev–Trinajstić information content (AvgIpc) is 2.89. The summed E-state index contributed by atoms with van der Waals surface area (Å²) in [7, 11) is 0. The number of hydrogen-bond acceptors (Lipinski definition) is 4. The van der Waals surface area contributed by atoms with Gasteiger partial charge in [0.25, 0.3) is 0 Å². The first-order valence-corrected chi connectivity index (χ1v) is 7.22. The van der Waals surface area contributed by atoms with Gasteiger partial charge in [0.15, 0.2) is 0 Å². The Kier molecular flexibility index (Phi) is 4.09. The maximum atomic E-state index is 4.43. The molecule has 2 aromatic heterocycles. The third kappa shape index (κ3) is 3.14. The van der Waals surface area contributed by atoms with Crippen molar-refractivity contribution in [3.05, 3.63) is 38.5 Å². The fraction of sp³-hybridized carbons (Fsp3) is 0.417. The van der Waals surface area contributed by atoms with Crippen LogP contribution in [-0.4, -0.2) is 11.5 Å². The molecule has 2 rings (SSSR count). The monoisotopic (exact) mass is 252 g/mol. The number of hydrogen-bond donors (Lipinski definition) is 1. The van der Waals surface area contributed by atoms with Gasteiger partial charge in [0.1, 0.15) is 5.01 Å². The van der Waals surface area contributed by atoms with Crippen LogP contribution in [0.4, 0.5) is 0 Å². The van der Waals surface area contributed by atoms with E-state index in [9.17, 15) is 0 Å². The van der Waals surface area contributed by atoms with E-state index in [0.29, 0.717) is 5.92 Å². The second kappa shape index (κ2) is 5.57. The van der Waals surface area contributed by atoms with Crippen molar-refractivity contribution >= 4 is 22.7 Å². The number of nitrogens with one attached hydrogen (secondary N) is 1. The van der Waals surface area contributed by atoms with Gasteiger partial charge >= 0.3 is 0 Å². The van der Waals surface area contributed by atoms with Gasteiger partial charge in [-0.3, -0.25) is 0 Å². The predicted molar refractivity (Wildman–Crippen MR) is 71.3 cm³/mol. The van der Waals surface area contributed by atoms with E-state index in [2.05, 4.69) is 39.4 Å². The zero-order chi connectivity index (χ0) is 11.4. The van der Waals surface area contributed by atoms with Crippen molar-refractivity contribution < 1.29 is 0 Å². The molecule has 86 valence electrons. The molecule has 0 radical (unpaired) electrons. The summed E-state index contributed by atoms with van der Waals surface area (Å²) in [5, 5.41) is 11.1. The molecular formula is C12H16N2S2. The third-order valence-electron chi connectivity index (χ3n) is 2.51. The molecule has 0 aliphatic rings. The summed E-state index contributed by atoms with van der Waals surface area (Å²) in [4.78, 5) is 4.43. The second-order valence-corrected chi connectivity index (χ2v) is 5.69. The first-order valence-electron chi connectivity index (χ1n) is 5.39. The van der Waals surface area contributed by atoms with Crippen molar-refractivity contribution in [2.45, 2.75) is 26.3 Å². The summed E-state index contributed by atoms with van der Waals surface area (Å²) in [5.74, 6) is 0.576. The number of rotatable bonds is 5. The summed E-state index contributed by atoms with van der Waals surface area (Å²) < 4.78 is 0. The first-order chi connectivity index (χ1) is 7.75. The Balaban J connectivity index is 1.76. The van der Waals surface area contributed by atoms with Crippen molar-refractivity contribution in [1.82, 2.24) is 10.3 Å². The predicted octanol–water partition coefficient (Wildman–Crippen LogP) is 3.41. The van der Waals surface area contributed by atoms with E-state index in [1.165, 1.54) is 10.6 Å². The van der Waals surface area contributed by atoms with Crippen LogP contribution < -0.4 is 5.32 Å². The van der Waals surface area contributed by atoms with E-state index in [4.69, 9.17) is 0 Å². The lowest BCUT2D eigenvalue weighted by atomic mass is 10.1. The van der Waals surface area contributed by atoms with Crippen molar-refractivity contribution in [2.75, 3.05) is 6.54 Å². The zero-order valence-electron chi connectivity index (χ0n) is 9.56. The fourth-order valence-corrected chi connectivity index (χ4v) is 3.08. The first kappa shape index (κ1) is 11.8. The van der Waals surface area contributed by atoms with Gasteiger partial charge in [0, 0.05) is 24.2 Å². The molecule has 1 atom stereocenters. The lowest BCUT2D eigenvalue weighted by Crippen LogP contribution is -2.19. The SMILES string of the molecule is Cc1csc(CNCC(C)c2ccsc2)n1. The van der Waals surface area contributed by atoms with Gasteiger partial charge in [-0.25, -0.2) is 4.98 Å². The van der Waals surface area contributed by atoms with Gasteiger partial charge < -0.3 is 5.32 Å². The molecule has 2 aromatic rings.